The summed E-state index contributed by atoms with van der Waals surface area (Å²) in [5.74, 6) is -0.974. The van der Waals surface area contributed by atoms with Crippen LogP contribution in [0.2, 0.25) is 0 Å². The maximum absolute atomic E-state index is 13.2. The maximum atomic E-state index is 13.2. The van der Waals surface area contributed by atoms with Gasteiger partial charge in [-0.3, -0.25) is 9.59 Å². The third kappa shape index (κ3) is 6.88. The number of hydrogen-bond acceptors (Lipinski definition) is 7. The number of aldehydes is 1. The molecule has 1 aliphatic rings. The van der Waals surface area contributed by atoms with Crippen molar-refractivity contribution in [2.75, 3.05) is 31.6 Å². The molecule has 2 aromatic carbocycles. The van der Waals surface area contributed by atoms with Gasteiger partial charge in [-0.05, 0) is 61.7 Å². The van der Waals surface area contributed by atoms with E-state index in [1.165, 1.54) is 10.4 Å². The third-order valence-electron chi connectivity index (χ3n) is 5.39. The number of carbonyl (C=O) groups is 3. The Labute approximate surface area is 199 Å². The first kappa shape index (κ1) is 25.4. The molecule has 1 N–H and O–H groups in total. The summed E-state index contributed by atoms with van der Waals surface area (Å²) in [6.45, 7) is 1.73. The van der Waals surface area contributed by atoms with Crippen LogP contribution in [0.25, 0.3) is 0 Å². The van der Waals surface area contributed by atoms with Gasteiger partial charge in [0.1, 0.15) is 12.0 Å². The van der Waals surface area contributed by atoms with Crippen LogP contribution in [0.3, 0.4) is 0 Å². The minimum atomic E-state index is -3.68. The van der Waals surface area contributed by atoms with Gasteiger partial charge < -0.3 is 14.8 Å². The van der Waals surface area contributed by atoms with Crippen molar-refractivity contribution in [2.24, 2.45) is 0 Å². The van der Waals surface area contributed by atoms with Gasteiger partial charge in [-0.15, -0.1) is 0 Å². The summed E-state index contributed by atoms with van der Waals surface area (Å²) in [7, 11) is -3.68. The normalized spacial score (nSPS) is 14.6. The van der Waals surface area contributed by atoms with Crippen molar-refractivity contribution in [1.29, 1.82) is 0 Å². The fourth-order valence-electron chi connectivity index (χ4n) is 3.55. The van der Waals surface area contributed by atoms with Crippen molar-refractivity contribution in [3.8, 4) is 5.75 Å². The number of hydrogen-bond donors (Lipinski definition) is 1. The highest BCUT2D eigenvalue weighted by Gasteiger charge is 2.27. The number of aryl methyl sites for hydroxylation is 1. The number of nitrogens with zero attached hydrogens (tertiary/aromatic N) is 1. The van der Waals surface area contributed by atoms with Crippen molar-refractivity contribution in [2.45, 2.75) is 37.5 Å². The standard InChI is InChI=1S/C24H28N2O7S/c1-18-6-9-20(14-22(18)34(30,31)26-12-4-2-3-5-13-26)25-23(28)16-33-24(29)17-32-21-10-7-19(15-27)8-11-21/h6-11,14-15H,2-5,12-13,16-17H2,1H3,(H,25,28). The van der Waals surface area contributed by atoms with Crippen LogP contribution in [0, 0.1) is 6.92 Å². The van der Waals surface area contributed by atoms with E-state index in [0.717, 1.165) is 25.7 Å². The van der Waals surface area contributed by atoms with E-state index in [0.29, 0.717) is 41.9 Å². The SMILES string of the molecule is Cc1ccc(NC(=O)COC(=O)COc2ccc(C=O)cc2)cc1S(=O)(=O)N1CCCCCC1. The molecule has 0 aromatic heterocycles. The minimum absolute atomic E-state index is 0.151. The van der Waals surface area contributed by atoms with Crippen LogP contribution in [0.4, 0.5) is 5.69 Å². The number of rotatable bonds is 9. The molecule has 1 fully saturated rings. The van der Waals surface area contributed by atoms with Gasteiger partial charge in [-0.25, -0.2) is 13.2 Å². The second kappa shape index (κ2) is 11.8. The van der Waals surface area contributed by atoms with Crippen LogP contribution >= 0.6 is 0 Å². The summed E-state index contributed by atoms with van der Waals surface area (Å²) < 4.78 is 38.0. The fraction of sp³-hybridized carbons (Fsp3) is 0.375. The van der Waals surface area contributed by atoms with E-state index in [-0.39, 0.29) is 4.90 Å². The summed E-state index contributed by atoms with van der Waals surface area (Å²) in [4.78, 5) is 34.9. The van der Waals surface area contributed by atoms with Gasteiger partial charge in [0.2, 0.25) is 10.0 Å². The van der Waals surface area contributed by atoms with Crippen LogP contribution < -0.4 is 10.1 Å². The Morgan fingerprint density at radius 1 is 1.00 bits per heavy atom. The molecule has 0 atom stereocenters. The van der Waals surface area contributed by atoms with E-state index in [9.17, 15) is 22.8 Å². The Bertz CT molecular complexity index is 1120. The van der Waals surface area contributed by atoms with Gasteiger partial charge in [0, 0.05) is 24.3 Å². The number of anilines is 1. The van der Waals surface area contributed by atoms with Crippen LogP contribution in [0.1, 0.15) is 41.6 Å². The average Bonchev–Trinajstić information content (AvgIpc) is 3.13. The molecule has 0 saturated carbocycles. The first-order valence-electron chi connectivity index (χ1n) is 11.0. The molecule has 182 valence electrons. The molecule has 9 nitrogen and oxygen atoms in total. The number of nitrogens with one attached hydrogen (secondary N) is 1. The van der Waals surface area contributed by atoms with E-state index in [4.69, 9.17) is 9.47 Å². The molecule has 0 aliphatic carbocycles. The Balaban J connectivity index is 1.54. The topological polar surface area (TPSA) is 119 Å². The van der Waals surface area contributed by atoms with Gasteiger partial charge in [0.25, 0.3) is 5.91 Å². The largest absolute Gasteiger partial charge is 0.482 e. The first-order chi connectivity index (χ1) is 16.3. The molecule has 0 spiro atoms. The highest BCUT2D eigenvalue weighted by molar-refractivity contribution is 7.89. The molecular weight excluding hydrogens is 460 g/mol. The highest BCUT2D eigenvalue weighted by Crippen LogP contribution is 2.25. The van der Waals surface area contributed by atoms with E-state index in [2.05, 4.69) is 5.32 Å². The van der Waals surface area contributed by atoms with E-state index in [1.807, 2.05) is 0 Å². The predicted molar refractivity (Wildman–Crippen MR) is 125 cm³/mol. The number of ether oxygens (including phenoxy) is 2. The van der Waals surface area contributed by atoms with Crippen LogP contribution in [-0.2, 0) is 24.3 Å². The Morgan fingerprint density at radius 2 is 1.68 bits per heavy atom. The summed E-state index contributed by atoms with van der Waals surface area (Å²) in [6, 6.07) is 10.8. The molecule has 1 amide bonds. The van der Waals surface area contributed by atoms with Crippen LogP contribution in [-0.4, -0.2) is 57.2 Å². The molecule has 1 heterocycles. The molecule has 1 saturated heterocycles. The summed E-state index contributed by atoms with van der Waals surface area (Å²) in [5.41, 5.74) is 1.36. The molecule has 0 unspecified atom stereocenters. The molecule has 0 radical (unpaired) electrons. The highest BCUT2D eigenvalue weighted by atomic mass is 32.2. The van der Waals surface area contributed by atoms with Gasteiger partial charge in [-0.1, -0.05) is 18.9 Å². The smallest absolute Gasteiger partial charge is 0.344 e. The van der Waals surface area contributed by atoms with Gasteiger partial charge >= 0.3 is 5.97 Å². The lowest BCUT2D eigenvalue weighted by Gasteiger charge is -2.21. The van der Waals surface area contributed by atoms with Crippen molar-refractivity contribution in [3.05, 3.63) is 53.6 Å². The number of amides is 1. The first-order valence-corrected chi connectivity index (χ1v) is 12.5. The molecule has 2 aromatic rings. The van der Waals surface area contributed by atoms with E-state index >= 15 is 0 Å². The van der Waals surface area contributed by atoms with Crippen molar-refractivity contribution in [3.63, 3.8) is 0 Å². The molecular formula is C24H28N2O7S. The number of esters is 1. The van der Waals surface area contributed by atoms with E-state index in [1.54, 1.807) is 43.3 Å². The predicted octanol–water partition coefficient (Wildman–Crippen LogP) is 2.93. The van der Waals surface area contributed by atoms with Crippen molar-refractivity contribution in [1.82, 2.24) is 4.31 Å². The molecule has 0 bridgehead atoms. The zero-order valence-corrected chi connectivity index (χ0v) is 19.8. The maximum Gasteiger partial charge on any atom is 0.344 e. The van der Waals surface area contributed by atoms with Crippen LogP contribution in [0.15, 0.2) is 47.4 Å². The quantitative estimate of drug-likeness (QED) is 0.426. The van der Waals surface area contributed by atoms with Crippen molar-refractivity contribution >= 4 is 33.9 Å². The van der Waals surface area contributed by atoms with Gasteiger partial charge in [0.05, 0.1) is 4.90 Å². The second-order valence-corrected chi connectivity index (χ2v) is 9.89. The molecule has 1 aliphatic heterocycles. The monoisotopic (exact) mass is 488 g/mol. The third-order valence-corrected chi connectivity index (χ3v) is 7.43. The lowest BCUT2D eigenvalue weighted by molar-refractivity contribution is -0.149. The summed E-state index contributed by atoms with van der Waals surface area (Å²) in [5, 5.41) is 2.57. The summed E-state index contributed by atoms with van der Waals surface area (Å²) >= 11 is 0. The Hall–Kier alpha value is -3.24. The lowest BCUT2D eigenvalue weighted by atomic mass is 10.2. The Morgan fingerprint density at radius 3 is 2.32 bits per heavy atom. The van der Waals surface area contributed by atoms with Crippen molar-refractivity contribution < 1.29 is 32.3 Å². The molecule has 34 heavy (non-hydrogen) atoms. The lowest BCUT2D eigenvalue weighted by Crippen LogP contribution is -2.32. The zero-order valence-electron chi connectivity index (χ0n) is 19.0. The fourth-order valence-corrected chi connectivity index (χ4v) is 5.31. The number of carbonyl (C=O) groups excluding carboxylic acids is 3. The number of sulfonamides is 1. The summed E-state index contributed by atoms with van der Waals surface area (Å²) in [6.07, 6.45) is 4.37. The Kier molecular flexibility index (Phi) is 8.78. The van der Waals surface area contributed by atoms with Gasteiger partial charge in [-0.2, -0.15) is 4.31 Å². The minimum Gasteiger partial charge on any atom is -0.482 e. The van der Waals surface area contributed by atoms with Gasteiger partial charge in [0.15, 0.2) is 13.2 Å². The van der Waals surface area contributed by atoms with E-state index < -0.39 is 35.1 Å². The second-order valence-electron chi connectivity index (χ2n) is 7.98. The average molecular weight is 489 g/mol. The molecule has 3 rings (SSSR count). The van der Waals surface area contributed by atoms with Crippen LogP contribution in [0.5, 0.6) is 5.75 Å². The number of benzene rings is 2. The molecule has 10 heteroatoms. The zero-order chi connectivity index (χ0) is 24.6.